The van der Waals surface area contributed by atoms with E-state index in [1.165, 1.54) is 0 Å². The highest BCUT2D eigenvalue weighted by Gasteiger charge is 2.26. The van der Waals surface area contributed by atoms with Gasteiger partial charge in [0.25, 0.3) is 0 Å². The lowest BCUT2D eigenvalue weighted by atomic mass is 10.1. The number of hydrogen-bond acceptors (Lipinski definition) is 5. The Hall–Kier alpha value is -1.91. The summed E-state index contributed by atoms with van der Waals surface area (Å²) in [4.78, 5) is 18.0. The summed E-state index contributed by atoms with van der Waals surface area (Å²) < 4.78 is 16.2. The Morgan fingerprint density at radius 2 is 1.86 bits per heavy atom. The van der Waals surface area contributed by atoms with Crippen molar-refractivity contribution < 1.29 is 19.0 Å². The van der Waals surface area contributed by atoms with Crippen molar-refractivity contribution in [1.82, 2.24) is 15.5 Å². The first kappa shape index (κ1) is 24.1. The number of benzene rings is 1. The molecule has 0 bridgehead atoms. The van der Waals surface area contributed by atoms with Crippen molar-refractivity contribution in [3.05, 3.63) is 17.7 Å². The zero-order chi connectivity index (χ0) is 19.8. The van der Waals surface area contributed by atoms with Crippen LogP contribution in [0.2, 0.25) is 0 Å². The van der Waals surface area contributed by atoms with Crippen molar-refractivity contribution in [2.24, 2.45) is 4.99 Å². The van der Waals surface area contributed by atoms with Crippen molar-refractivity contribution in [2.45, 2.75) is 32.4 Å². The number of hydrogen-bond donors (Lipinski definition) is 2. The van der Waals surface area contributed by atoms with Crippen LogP contribution in [0.15, 0.2) is 17.1 Å². The third kappa shape index (κ3) is 6.05. The van der Waals surface area contributed by atoms with Crippen LogP contribution in [0, 0.1) is 0 Å². The zero-order valence-corrected chi connectivity index (χ0v) is 19.5. The van der Waals surface area contributed by atoms with Crippen LogP contribution in [0.25, 0.3) is 0 Å². The van der Waals surface area contributed by atoms with Crippen LogP contribution < -0.4 is 24.8 Å². The average molecular weight is 506 g/mol. The second kappa shape index (κ2) is 11.8. The number of aliphatic imine (C=N–C) groups is 1. The molecule has 158 valence electrons. The molecule has 1 amide bonds. The predicted molar refractivity (Wildman–Crippen MR) is 120 cm³/mol. The summed E-state index contributed by atoms with van der Waals surface area (Å²) in [7, 11) is 6.55. The van der Waals surface area contributed by atoms with E-state index in [-0.39, 0.29) is 35.9 Å². The monoisotopic (exact) mass is 506 g/mol. The molecule has 2 rings (SSSR count). The maximum absolute atomic E-state index is 11.8. The van der Waals surface area contributed by atoms with Gasteiger partial charge in [0.2, 0.25) is 5.91 Å². The fourth-order valence-electron chi connectivity index (χ4n) is 3.14. The SMILES string of the molecule is CCC(=O)N1CCC(NC(=NC)NCc2c(OC)cc(OC)cc2OC)C1.I. The molecular weight excluding hydrogens is 475 g/mol. The molecule has 1 heterocycles. The molecule has 1 saturated heterocycles. The van der Waals surface area contributed by atoms with Crippen LogP contribution >= 0.6 is 24.0 Å². The van der Waals surface area contributed by atoms with Gasteiger partial charge in [-0.05, 0) is 6.42 Å². The first-order valence-electron chi connectivity index (χ1n) is 9.10. The minimum Gasteiger partial charge on any atom is -0.496 e. The van der Waals surface area contributed by atoms with E-state index in [4.69, 9.17) is 14.2 Å². The Bertz CT molecular complexity index is 659. The lowest BCUT2D eigenvalue weighted by Gasteiger charge is -2.20. The Morgan fingerprint density at radius 1 is 1.21 bits per heavy atom. The van der Waals surface area contributed by atoms with Crippen LogP contribution in [0.4, 0.5) is 0 Å². The third-order valence-corrected chi connectivity index (χ3v) is 4.66. The molecular formula is C19H31IN4O4. The van der Waals surface area contributed by atoms with Crippen LogP contribution in [0.5, 0.6) is 17.2 Å². The third-order valence-electron chi connectivity index (χ3n) is 4.66. The number of halogens is 1. The Balaban J connectivity index is 0.00000392. The van der Waals surface area contributed by atoms with Gasteiger partial charge in [0.15, 0.2) is 5.96 Å². The number of ether oxygens (including phenoxy) is 3. The number of guanidine groups is 1. The van der Waals surface area contributed by atoms with E-state index >= 15 is 0 Å². The largest absolute Gasteiger partial charge is 0.496 e. The standard InChI is InChI=1S/C19H30N4O4.HI/c1-6-18(24)23-8-7-13(12-23)22-19(20-2)21-11-15-16(26-4)9-14(25-3)10-17(15)27-5;/h9-10,13H,6-8,11-12H2,1-5H3,(H2,20,21,22);1H. The molecule has 1 aromatic rings. The van der Waals surface area contributed by atoms with E-state index in [1.54, 1.807) is 28.4 Å². The molecule has 0 aromatic heterocycles. The first-order valence-corrected chi connectivity index (χ1v) is 9.10. The van der Waals surface area contributed by atoms with Crippen molar-refractivity contribution in [3.63, 3.8) is 0 Å². The second-order valence-corrected chi connectivity index (χ2v) is 6.26. The van der Waals surface area contributed by atoms with Gasteiger partial charge in [-0.25, -0.2) is 0 Å². The lowest BCUT2D eigenvalue weighted by molar-refractivity contribution is -0.129. The molecule has 0 saturated carbocycles. The smallest absolute Gasteiger partial charge is 0.222 e. The number of nitrogens with one attached hydrogen (secondary N) is 2. The van der Waals surface area contributed by atoms with Crippen LogP contribution in [-0.2, 0) is 11.3 Å². The predicted octanol–water partition coefficient (Wildman–Crippen LogP) is 2.01. The van der Waals surface area contributed by atoms with Gasteiger partial charge < -0.3 is 29.7 Å². The zero-order valence-electron chi connectivity index (χ0n) is 17.2. The number of nitrogens with zero attached hydrogens (tertiary/aromatic N) is 2. The van der Waals surface area contributed by atoms with Crippen LogP contribution in [0.1, 0.15) is 25.3 Å². The van der Waals surface area contributed by atoms with Crippen molar-refractivity contribution in [2.75, 3.05) is 41.5 Å². The average Bonchev–Trinajstić information content (AvgIpc) is 3.18. The highest BCUT2D eigenvalue weighted by Crippen LogP contribution is 2.33. The molecule has 0 radical (unpaired) electrons. The Labute approximate surface area is 184 Å². The summed E-state index contributed by atoms with van der Waals surface area (Å²) in [6.45, 7) is 3.84. The summed E-state index contributed by atoms with van der Waals surface area (Å²) in [5, 5.41) is 6.67. The van der Waals surface area contributed by atoms with Gasteiger partial charge in [0.1, 0.15) is 17.2 Å². The molecule has 1 atom stereocenters. The van der Waals surface area contributed by atoms with Gasteiger partial charge >= 0.3 is 0 Å². The number of carbonyl (C=O) groups is 1. The normalized spacial score (nSPS) is 16.2. The van der Waals surface area contributed by atoms with Crippen molar-refractivity contribution in [3.8, 4) is 17.2 Å². The molecule has 1 fully saturated rings. The Kier molecular flexibility index (Phi) is 10.2. The molecule has 1 unspecified atom stereocenters. The maximum Gasteiger partial charge on any atom is 0.222 e. The van der Waals surface area contributed by atoms with E-state index in [1.807, 2.05) is 24.0 Å². The second-order valence-electron chi connectivity index (χ2n) is 6.26. The maximum atomic E-state index is 11.8. The van der Waals surface area contributed by atoms with Gasteiger partial charge in [-0.1, -0.05) is 6.92 Å². The first-order chi connectivity index (χ1) is 13.1. The molecule has 1 aliphatic heterocycles. The van der Waals surface area contributed by atoms with E-state index < -0.39 is 0 Å². The molecule has 0 aliphatic carbocycles. The number of methoxy groups -OCH3 is 3. The van der Waals surface area contributed by atoms with Gasteiger partial charge in [-0.2, -0.15) is 0 Å². The molecule has 2 N–H and O–H groups in total. The van der Waals surface area contributed by atoms with Crippen molar-refractivity contribution in [1.29, 1.82) is 0 Å². The quantitative estimate of drug-likeness (QED) is 0.335. The van der Waals surface area contributed by atoms with E-state index in [0.29, 0.717) is 42.7 Å². The van der Waals surface area contributed by atoms with E-state index in [2.05, 4.69) is 15.6 Å². The lowest BCUT2D eigenvalue weighted by Crippen LogP contribution is -2.44. The molecule has 1 aliphatic rings. The highest BCUT2D eigenvalue weighted by molar-refractivity contribution is 14.0. The van der Waals surface area contributed by atoms with Crippen LogP contribution in [0.3, 0.4) is 0 Å². The van der Waals surface area contributed by atoms with E-state index in [0.717, 1.165) is 18.5 Å². The fourth-order valence-corrected chi connectivity index (χ4v) is 3.14. The number of carbonyl (C=O) groups excluding carboxylic acids is 1. The molecule has 1 aromatic carbocycles. The number of likely N-dealkylation sites (tertiary alicyclic amines) is 1. The Morgan fingerprint density at radius 3 is 2.36 bits per heavy atom. The minimum atomic E-state index is 0. The van der Waals surface area contributed by atoms with Crippen molar-refractivity contribution >= 4 is 35.8 Å². The summed E-state index contributed by atoms with van der Waals surface area (Å²) in [5.41, 5.74) is 0.873. The number of amides is 1. The fraction of sp³-hybridized carbons (Fsp3) is 0.579. The summed E-state index contributed by atoms with van der Waals surface area (Å²) in [6, 6.07) is 3.83. The molecule has 9 heteroatoms. The van der Waals surface area contributed by atoms with Gasteiger partial charge in [-0.15, -0.1) is 24.0 Å². The highest BCUT2D eigenvalue weighted by atomic mass is 127. The molecule has 28 heavy (non-hydrogen) atoms. The number of rotatable bonds is 7. The van der Waals surface area contributed by atoms with Gasteiger partial charge in [0.05, 0.1) is 33.4 Å². The topological polar surface area (TPSA) is 84.4 Å². The van der Waals surface area contributed by atoms with Gasteiger partial charge in [0, 0.05) is 44.7 Å². The summed E-state index contributed by atoms with van der Waals surface area (Å²) in [6.07, 6.45) is 1.44. The van der Waals surface area contributed by atoms with Gasteiger partial charge in [-0.3, -0.25) is 9.79 Å². The molecule has 0 spiro atoms. The summed E-state index contributed by atoms with van der Waals surface area (Å²) >= 11 is 0. The van der Waals surface area contributed by atoms with Crippen LogP contribution in [-0.4, -0.2) is 64.3 Å². The van der Waals surface area contributed by atoms with E-state index in [9.17, 15) is 4.79 Å². The summed E-state index contributed by atoms with van der Waals surface area (Å²) in [5.74, 6) is 2.88. The molecule has 8 nitrogen and oxygen atoms in total. The minimum absolute atomic E-state index is 0.